The Hall–Kier alpha value is -5.01. The van der Waals surface area contributed by atoms with Crippen LogP contribution in [0.4, 0.5) is 13.6 Å². The number of alkyl carbamates (subject to hydrolysis) is 1. The summed E-state index contributed by atoms with van der Waals surface area (Å²) in [5.74, 6) is -3.96. The fourth-order valence-corrected chi connectivity index (χ4v) is 4.59. The van der Waals surface area contributed by atoms with E-state index in [1.165, 1.54) is 10.8 Å². The number of ether oxygens (including phenoxy) is 1. The van der Waals surface area contributed by atoms with Gasteiger partial charge in [-0.3, -0.25) is 14.6 Å². The number of aliphatic carboxylic acids is 1. The van der Waals surface area contributed by atoms with Crippen LogP contribution in [0.1, 0.15) is 41.3 Å². The van der Waals surface area contributed by atoms with Gasteiger partial charge in [0.05, 0.1) is 24.1 Å². The van der Waals surface area contributed by atoms with Crippen molar-refractivity contribution in [3.8, 4) is 0 Å². The number of aryl methyl sites for hydroxylation is 2. The van der Waals surface area contributed by atoms with Gasteiger partial charge in [-0.25, -0.2) is 18.4 Å². The first-order chi connectivity index (χ1) is 21.2. The Morgan fingerprint density at radius 3 is 2.66 bits per heavy atom. The van der Waals surface area contributed by atoms with E-state index in [1.807, 2.05) is 37.3 Å². The molecule has 14 heteroatoms. The number of hydrogen-bond donors (Lipinski definition) is 5. The van der Waals surface area contributed by atoms with Crippen molar-refractivity contribution in [2.24, 2.45) is 4.99 Å². The zero-order valence-corrected chi connectivity index (χ0v) is 24.1. The minimum Gasteiger partial charge on any atom is -0.480 e. The van der Waals surface area contributed by atoms with Gasteiger partial charge in [-0.05, 0) is 24.5 Å². The Morgan fingerprint density at radius 1 is 1.20 bits per heavy atom. The lowest BCUT2D eigenvalue weighted by atomic mass is 10.0. The second-order valence-electron chi connectivity index (χ2n) is 10.1. The molecule has 0 saturated carbocycles. The highest BCUT2D eigenvalue weighted by molar-refractivity contribution is 5.98. The number of carboxylic acid groups (broad SMARTS) is 1. The molecule has 0 spiro atoms. The van der Waals surface area contributed by atoms with E-state index < -0.39 is 53.2 Å². The Balaban J connectivity index is 1.64. The van der Waals surface area contributed by atoms with Gasteiger partial charge in [0.2, 0.25) is 5.43 Å². The summed E-state index contributed by atoms with van der Waals surface area (Å²) < 4.78 is 37.5. The van der Waals surface area contributed by atoms with Crippen LogP contribution < -0.4 is 26.7 Å². The van der Waals surface area contributed by atoms with Crippen LogP contribution >= 0.6 is 0 Å². The SMILES string of the molecule is CCCCOC(=O)NC(CNC(=O)c1cn(CCc2ccccc2)c2c(F)c(CNC3=NCCN3)c(F)cc2c1=O)C(=O)O. The first-order valence-electron chi connectivity index (χ1n) is 14.2. The van der Waals surface area contributed by atoms with Crippen LogP contribution in [0.2, 0.25) is 0 Å². The molecule has 1 aliphatic heterocycles. The van der Waals surface area contributed by atoms with Crippen molar-refractivity contribution in [2.45, 2.75) is 45.3 Å². The fraction of sp³-hybridized carbons (Fsp3) is 0.367. The number of halogens is 2. The zero-order chi connectivity index (χ0) is 31.6. The molecule has 1 aromatic heterocycles. The van der Waals surface area contributed by atoms with Crippen molar-refractivity contribution in [2.75, 3.05) is 26.2 Å². The van der Waals surface area contributed by atoms with Crippen LogP contribution in [0.3, 0.4) is 0 Å². The number of unbranched alkanes of at least 4 members (excludes halogenated alkanes) is 1. The second kappa shape index (κ2) is 14.9. The van der Waals surface area contributed by atoms with Crippen molar-refractivity contribution < 1.29 is 33.0 Å². The van der Waals surface area contributed by atoms with Crippen LogP contribution in [0.15, 0.2) is 52.4 Å². The van der Waals surface area contributed by atoms with Crippen LogP contribution in [-0.4, -0.2) is 65.9 Å². The van der Waals surface area contributed by atoms with Gasteiger partial charge in [-0.1, -0.05) is 43.7 Å². The first kappa shape index (κ1) is 31.9. The molecule has 1 unspecified atom stereocenters. The lowest BCUT2D eigenvalue weighted by Gasteiger charge is -2.18. The second-order valence-corrected chi connectivity index (χ2v) is 10.1. The van der Waals surface area contributed by atoms with Gasteiger partial charge in [-0.2, -0.15) is 0 Å². The molecule has 0 saturated heterocycles. The minimum atomic E-state index is -1.56. The predicted octanol–water partition coefficient (Wildman–Crippen LogP) is 2.28. The molecule has 3 aromatic rings. The molecular formula is C30H34F2N6O6. The normalized spacial score (nSPS) is 13.1. The highest BCUT2D eigenvalue weighted by Gasteiger charge is 2.25. The standard InChI is InChI=1S/C30H34F2N6O6/c1-2-3-13-44-30(43)37-23(28(41)42)16-35-27(40)21-17-38(12-9-18-7-5-4-6-8-18)25-19(26(21)39)14-22(31)20(24(25)32)15-36-29-33-10-11-34-29/h4-8,14,17,23H,2-3,9-13,15-16H2,1H3,(H,35,40)(H,37,43)(H,41,42)(H2,33,34,36). The third-order valence-corrected chi connectivity index (χ3v) is 6.97. The Morgan fingerprint density at radius 2 is 1.98 bits per heavy atom. The Bertz CT molecular complexity index is 1610. The molecule has 0 bridgehead atoms. The Kier molecular flexibility index (Phi) is 10.8. The summed E-state index contributed by atoms with van der Waals surface area (Å²) in [4.78, 5) is 54.4. The predicted molar refractivity (Wildman–Crippen MR) is 159 cm³/mol. The van der Waals surface area contributed by atoms with Crippen molar-refractivity contribution in [3.05, 3.63) is 81.1 Å². The van der Waals surface area contributed by atoms with Crippen molar-refractivity contribution >= 4 is 34.8 Å². The molecule has 1 atom stereocenters. The molecule has 0 radical (unpaired) electrons. The maximum atomic E-state index is 16.0. The molecule has 44 heavy (non-hydrogen) atoms. The minimum absolute atomic E-state index is 0.0944. The van der Waals surface area contributed by atoms with Gasteiger partial charge in [-0.15, -0.1) is 0 Å². The number of carboxylic acids is 1. The summed E-state index contributed by atoms with van der Waals surface area (Å²) in [6, 6.07) is 8.59. The summed E-state index contributed by atoms with van der Waals surface area (Å²) >= 11 is 0. The summed E-state index contributed by atoms with van der Waals surface area (Å²) in [5, 5.41) is 19.4. The largest absolute Gasteiger partial charge is 0.480 e. The van der Waals surface area contributed by atoms with E-state index in [2.05, 4.69) is 26.3 Å². The van der Waals surface area contributed by atoms with Gasteiger partial charge in [0.25, 0.3) is 5.91 Å². The molecule has 2 amide bonds. The molecule has 0 aliphatic carbocycles. The molecule has 4 rings (SSSR count). The first-order valence-corrected chi connectivity index (χ1v) is 14.2. The molecule has 234 valence electrons. The maximum Gasteiger partial charge on any atom is 0.407 e. The lowest BCUT2D eigenvalue weighted by molar-refractivity contribution is -0.139. The summed E-state index contributed by atoms with van der Waals surface area (Å²) in [6.07, 6.45) is 1.95. The van der Waals surface area contributed by atoms with Gasteiger partial charge < -0.3 is 35.7 Å². The third kappa shape index (κ3) is 7.88. The quantitative estimate of drug-likeness (QED) is 0.184. The summed E-state index contributed by atoms with van der Waals surface area (Å²) in [6.45, 7) is 2.43. The molecule has 5 N–H and O–H groups in total. The average Bonchev–Trinajstić information content (AvgIpc) is 3.53. The highest BCUT2D eigenvalue weighted by Crippen LogP contribution is 2.24. The number of nitrogens with zero attached hydrogens (tertiary/aromatic N) is 2. The third-order valence-electron chi connectivity index (χ3n) is 6.97. The van der Waals surface area contributed by atoms with Crippen molar-refractivity contribution in [3.63, 3.8) is 0 Å². The number of pyridine rings is 1. The molecule has 2 heterocycles. The number of fused-ring (bicyclic) bond motifs is 1. The van der Waals surface area contributed by atoms with Gasteiger partial charge in [0.1, 0.15) is 17.4 Å². The van der Waals surface area contributed by atoms with E-state index in [1.54, 1.807) is 0 Å². The summed E-state index contributed by atoms with van der Waals surface area (Å²) in [7, 11) is 0. The van der Waals surface area contributed by atoms with Gasteiger partial charge in [0.15, 0.2) is 11.8 Å². The van der Waals surface area contributed by atoms with Crippen LogP contribution in [0.5, 0.6) is 0 Å². The van der Waals surface area contributed by atoms with E-state index in [0.717, 1.165) is 18.1 Å². The number of nitrogens with one attached hydrogen (secondary N) is 4. The number of amides is 2. The van der Waals surface area contributed by atoms with E-state index in [9.17, 15) is 24.3 Å². The molecule has 12 nitrogen and oxygen atoms in total. The van der Waals surface area contributed by atoms with E-state index in [-0.39, 0.29) is 36.2 Å². The van der Waals surface area contributed by atoms with E-state index >= 15 is 8.78 Å². The van der Waals surface area contributed by atoms with E-state index in [4.69, 9.17) is 4.74 Å². The number of benzene rings is 2. The number of guanidine groups is 1. The fourth-order valence-electron chi connectivity index (χ4n) is 4.59. The number of aliphatic imine (C=N–C) groups is 1. The van der Waals surface area contributed by atoms with Crippen LogP contribution in [0, 0.1) is 11.6 Å². The molecular weight excluding hydrogens is 578 g/mol. The maximum absolute atomic E-state index is 16.0. The van der Waals surface area contributed by atoms with Crippen LogP contribution in [0.25, 0.3) is 10.9 Å². The zero-order valence-electron chi connectivity index (χ0n) is 24.1. The lowest BCUT2D eigenvalue weighted by Crippen LogP contribution is -2.49. The van der Waals surface area contributed by atoms with Crippen molar-refractivity contribution in [1.29, 1.82) is 0 Å². The number of rotatable bonds is 13. The molecule has 0 fully saturated rings. The van der Waals surface area contributed by atoms with Gasteiger partial charge >= 0.3 is 12.1 Å². The number of hydrogen-bond acceptors (Lipinski definition) is 8. The van der Waals surface area contributed by atoms with Gasteiger partial charge in [0, 0.05) is 37.9 Å². The Labute approximate surface area is 251 Å². The average molecular weight is 613 g/mol. The monoisotopic (exact) mass is 612 g/mol. The number of aromatic nitrogens is 1. The van der Waals surface area contributed by atoms with E-state index in [0.29, 0.717) is 31.9 Å². The molecule has 1 aliphatic rings. The summed E-state index contributed by atoms with van der Waals surface area (Å²) in [5.41, 5.74) is -0.968. The molecule has 2 aromatic carbocycles. The topological polar surface area (TPSA) is 163 Å². The highest BCUT2D eigenvalue weighted by atomic mass is 19.1. The van der Waals surface area contributed by atoms with Crippen LogP contribution in [-0.2, 0) is 29.0 Å². The number of carbonyl (C=O) groups excluding carboxylic acids is 2. The number of carbonyl (C=O) groups is 3. The van der Waals surface area contributed by atoms with Crippen molar-refractivity contribution in [1.82, 2.24) is 25.8 Å². The smallest absolute Gasteiger partial charge is 0.407 e.